The second-order valence-electron chi connectivity index (χ2n) is 14.8. The van der Waals surface area contributed by atoms with Crippen LogP contribution in [0.5, 0.6) is 11.5 Å². The Morgan fingerprint density at radius 1 is 0.705 bits per heavy atom. The number of nitrogens with two attached hydrogens (primary N) is 3. The van der Waals surface area contributed by atoms with Crippen LogP contribution in [0, 0.1) is 5.92 Å². The van der Waals surface area contributed by atoms with Crippen molar-refractivity contribution < 1.29 is 52.9 Å². The molecule has 0 radical (unpaired) electrons. The predicted molar refractivity (Wildman–Crippen MR) is 225 cm³/mol. The number of hydrogen-bond acceptors (Lipinski definition) is 13. The van der Waals surface area contributed by atoms with E-state index in [-0.39, 0.29) is 57.3 Å². The van der Waals surface area contributed by atoms with Crippen molar-refractivity contribution in [3.63, 3.8) is 0 Å². The van der Waals surface area contributed by atoms with Crippen molar-refractivity contribution in [1.82, 2.24) is 37.2 Å². The van der Waals surface area contributed by atoms with E-state index in [1.54, 1.807) is 24.5 Å². The monoisotopic (exact) mass is 879 g/mol. The van der Waals surface area contributed by atoms with Crippen LogP contribution in [0.15, 0.2) is 23.2 Å². The van der Waals surface area contributed by atoms with Crippen LogP contribution in [0.3, 0.4) is 0 Å². The third-order valence-electron chi connectivity index (χ3n) is 9.08. The molecule has 61 heavy (non-hydrogen) atoms. The highest BCUT2D eigenvalue weighted by Gasteiger charge is 2.32. The molecule has 2 rings (SSSR count). The normalized spacial score (nSPS) is 15.0. The van der Waals surface area contributed by atoms with Crippen molar-refractivity contribution in [3.05, 3.63) is 23.8 Å². The number of thioether (sulfide) groups is 1. The Labute approximate surface area is 358 Å². The number of fused-ring (bicyclic) bond motifs is 1. The number of aliphatic hydroxyl groups is 1. The van der Waals surface area contributed by atoms with Gasteiger partial charge in [-0.2, -0.15) is 11.8 Å². The van der Waals surface area contributed by atoms with Crippen LogP contribution < -0.4 is 63.9 Å². The molecule has 0 spiro atoms. The molecule has 22 nitrogen and oxygen atoms in total. The molecule has 0 saturated heterocycles. The topological polar surface area (TPSA) is 350 Å². The summed E-state index contributed by atoms with van der Waals surface area (Å²) in [6.07, 6.45) is 2.44. The third kappa shape index (κ3) is 18.1. The van der Waals surface area contributed by atoms with Crippen molar-refractivity contribution in [2.24, 2.45) is 28.1 Å². The molecule has 0 bridgehead atoms. The second kappa shape index (κ2) is 25.7. The fraction of sp³-hybridized carbons (Fsp3) is 0.605. The van der Waals surface area contributed by atoms with E-state index in [4.69, 9.17) is 26.7 Å². The molecule has 1 aliphatic heterocycles. The van der Waals surface area contributed by atoms with E-state index < -0.39 is 96.2 Å². The number of hydrogen-bond donors (Lipinski definition) is 11. The van der Waals surface area contributed by atoms with Gasteiger partial charge in [-0.15, -0.1) is 0 Å². The average molecular weight is 880 g/mol. The smallest absolute Gasteiger partial charge is 0.245 e. The Balaban J connectivity index is 2.14. The highest BCUT2D eigenvalue weighted by Crippen LogP contribution is 2.32. The first kappa shape index (κ1) is 51.3. The van der Waals surface area contributed by atoms with Gasteiger partial charge in [0.25, 0.3) is 0 Å². The Morgan fingerprint density at radius 3 is 1.77 bits per heavy atom. The van der Waals surface area contributed by atoms with Gasteiger partial charge in [0.15, 0.2) is 17.5 Å². The summed E-state index contributed by atoms with van der Waals surface area (Å²) < 4.78 is 10.8. The standard InChI is InChI=1S/C38H61N11O11S/c1-19(2)14-26(31(39)52)48-37(58)28(17-50)49-33(54)21(4)44-35(56)25(11-13-61-6)46-32(53)20(3)43-34(55)24(8-7-12-42-38(40)41)47-36(57)27(45-22(5)51)15-23-9-10-29-30(16-23)60-18-59-29/h9-10,16,19-21,24-28,50H,7-8,11-15,17-18H2,1-6H3,(H2,39,52)(H,43,55)(H,44,56)(H,45,51)(H,46,53)(H,47,57)(H,48,58)(H,49,54)(H4,40,41,42)/t20-,21-,24-,25-,26-,27-,28-/m0/s1. The molecule has 14 N–H and O–H groups in total. The summed E-state index contributed by atoms with van der Waals surface area (Å²) in [5.41, 5.74) is 16.9. The van der Waals surface area contributed by atoms with Gasteiger partial charge in [-0.05, 0) is 75.2 Å². The Hall–Kier alpha value is -5.84. The molecule has 340 valence electrons. The molecule has 0 aromatic heterocycles. The summed E-state index contributed by atoms with van der Waals surface area (Å²) in [6.45, 7) is 6.92. The van der Waals surface area contributed by atoms with Crippen LogP contribution in [0.25, 0.3) is 0 Å². The van der Waals surface area contributed by atoms with Gasteiger partial charge in [0.1, 0.15) is 42.3 Å². The molecular formula is C38H61N11O11S. The van der Waals surface area contributed by atoms with Crippen LogP contribution in [-0.2, 0) is 44.8 Å². The van der Waals surface area contributed by atoms with E-state index in [0.29, 0.717) is 22.8 Å². The van der Waals surface area contributed by atoms with E-state index in [2.05, 4.69) is 42.2 Å². The number of nitrogens with one attached hydrogen (secondary N) is 7. The maximum atomic E-state index is 13.7. The van der Waals surface area contributed by atoms with Gasteiger partial charge in [0.2, 0.25) is 54.1 Å². The number of carbonyl (C=O) groups excluding carboxylic acids is 8. The first-order valence-corrected chi connectivity index (χ1v) is 21.1. The SMILES string of the molecule is CSCC[C@H](NC(=O)[C@H](C)NC(=O)[C@H](CCCN=C(N)N)NC(=O)[C@H](Cc1ccc2c(c1)OCO2)NC(C)=O)C(=O)N[C@@H](C)C(=O)N[C@@H](CO)C(=O)N[C@@H](CC(C)C)C(N)=O. The highest BCUT2D eigenvalue weighted by atomic mass is 32.2. The number of guanidine groups is 1. The summed E-state index contributed by atoms with van der Waals surface area (Å²) in [4.78, 5) is 108. The maximum absolute atomic E-state index is 13.7. The molecule has 0 unspecified atom stereocenters. The van der Waals surface area contributed by atoms with Crippen molar-refractivity contribution >= 4 is 65.0 Å². The van der Waals surface area contributed by atoms with Gasteiger partial charge in [0, 0.05) is 19.9 Å². The van der Waals surface area contributed by atoms with Crippen molar-refractivity contribution in [1.29, 1.82) is 0 Å². The summed E-state index contributed by atoms with van der Waals surface area (Å²) in [6, 6.07) is -3.44. The Bertz CT molecular complexity index is 1740. The van der Waals surface area contributed by atoms with Crippen molar-refractivity contribution in [2.75, 3.05) is 32.0 Å². The predicted octanol–water partition coefficient (Wildman–Crippen LogP) is -3.26. The van der Waals surface area contributed by atoms with Crippen LogP contribution >= 0.6 is 11.8 Å². The third-order valence-corrected chi connectivity index (χ3v) is 9.72. The van der Waals surface area contributed by atoms with Crippen molar-refractivity contribution in [2.45, 2.75) is 109 Å². The maximum Gasteiger partial charge on any atom is 0.245 e. The average Bonchev–Trinajstić information content (AvgIpc) is 3.66. The number of rotatable bonds is 26. The fourth-order valence-electron chi connectivity index (χ4n) is 5.84. The number of aliphatic imine (C=N–C) groups is 1. The van der Waals surface area contributed by atoms with E-state index in [1.807, 2.05) is 13.8 Å². The molecule has 7 atom stereocenters. The van der Waals surface area contributed by atoms with Gasteiger partial charge in [-0.3, -0.25) is 43.3 Å². The van der Waals surface area contributed by atoms with Crippen LogP contribution in [0.1, 0.15) is 65.9 Å². The van der Waals surface area contributed by atoms with Gasteiger partial charge in [0.05, 0.1) is 6.61 Å². The number of carbonyl (C=O) groups is 8. The first-order chi connectivity index (χ1) is 28.7. The van der Waals surface area contributed by atoms with Gasteiger partial charge in [-0.25, -0.2) is 0 Å². The Kier molecular flexibility index (Phi) is 21.6. The van der Waals surface area contributed by atoms with Gasteiger partial charge in [-0.1, -0.05) is 19.9 Å². The molecule has 1 aromatic rings. The number of primary amides is 1. The summed E-state index contributed by atoms with van der Waals surface area (Å²) in [5.74, 6) is -4.70. The fourth-order valence-corrected chi connectivity index (χ4v) is 6.32. The van der Waals surface area contributed by atoms with Gasteiger partial charge >= 0.3 is 0 Å². The molecule has 1 aliphatic rings. The zero-order chi connectivity index (χ0) is 45.8. The quantitative estimate of drug-likeness (QED) is 0.0247. The minimum atomic E-state index is -1.47. The zero-order valence-electron chi connectivity index (χ0n) is 35.3. The molecule has 8 amide bonds. The van der Waals surface area contributed by atoms with Gasteiger partial charge < -0.3 is 69.0 Å². The molecule has 0 saturated carbocycles. The highest BCUT2D eigenvalue weighted by molar-refractivity contribution is 7.98. The minimum absolute atomic E-state index is 0.00119. The second-order valence-corrected chi connectivity index (χ2v) is 15.8. The lowest BCUT2D eigenvalue weighted by molar-refractivity contribution is -0.135. The largest absolute Gasteiger partial charge is 0.454 e. The molecule has 23 heteroatoms. The number of nitrogens with zero attached hydrogens (tertiary/aromatic N) is 1. The van der Waals surface area contributed by atoms with E-state index >= 15 is 0 Å². The van der Waals surface area contributed by atoms with Crippen LogP contribution in [0.2, 0.25) is 0 Å². The van der Waals surface area contributed by atoms with E-state index in [9.17, 15) is 43.5 Å². The number of benzene rings is 1. The summed E-state index contributed by atoms with van der Waals surface area (Å²) in [7, 11) is 0. The summed E-state index contributed by atoms with van der Waals surface area (Å²) >= 11 is 1.39. The summed E-state index contributed by atoms with van der Waals surface area (Å²) in [5, 5.41) is 27.5. The van der Waals surface area contributed by atoms with E-state index in [1.165, 1.54) is 32.5 Å². The van der Waals surface area contributed by atoms with Crippen LogP contribution in [0.4, 0.5) is 0 Å². The minimum Gasteiger partial charge on any atom is -0.454 e. The molecule has 0 fully saturated rings. The molecule has 0 aliphatic carbocycles. The van der Waals surface area contributed by atoms with E-state index in [0.717, 1.165) is 0 Å². The first-order valence-electron chi connectivity index (χ1n) is 19.7. The lowest BCUT2D eigenvalue weighted by Gasteiger charge is -2.26. The Morgan fingerprint density at radius 2 is 1.23 bits per heavy atom. The molecule has 1 heterocycles. The van der Waals surface area contributed by atoms with Crippen molar-refractivity contribution in [3.8, 4) is 11.5 Å². The van der Waals surface area contributed by atoms with Crippen LogP contribution in [-0.4, -0.2) is 133 Å². The lowest BCUT2D eigenvalue weighted by atomic mass is 10.0. The number of ether oxygens (including phenoxy) is 2. The number of aliphatic hydroxyl groups excluding tert-OH is 1. The lowest BCUT2D eigenvalue weighted by Crippen LogP contribution is -2.59. The zero-order valence-corrected chi connectivity index (χ0v) is 36.1. The molecule has 1 aromatic carbocycles. The number of amides is 8. The molecular weight excluding hydrogens is 819 g/mol.